The fourth-order valence-corrected chi connectivity index (χ4v) is 3.04. The molecule has 0 amide bonds. The number of hydrazone groups is 1. The second-order valence-corrected chi connectivity index (χ2v) is 6.82. The fourth-order valence-electron chi connectivity index (χ4n) is 1.34. The Bertz CT molecular complexity index is 691. The van der Waals surface area contributed by atoms with Gasteiger partial charge in [-0.2, -0.15) is 13.5 Å². The second-order valence-electron chi connectivity index (χ2n) is 3.77. The maximum absolute atomic E-state index is 11.9. The summed E-state index contributed by atoms with van der Waals surface area (Å²) < 4.78 is 23.8. The number of nitrogens with zero attached hydrogens (tertiary/aromatic N) is 1. The summed E-state index contributed by atoms with van der Waals surface area (Å²) in [5.41, 5.74) is 1.06. The van der Waals surface area contributed by atoms with Gasteiger partial charge in [-0.1, -0.05) is 11.6 Å². The maximum atomic E-state index is 11.9. The van der Waals surface area contributed by atoms with Crippen molar-refractivity contribution in [1.82, 2.24) is 4.83 Å². The summed E-state index contributed by atoms with van der Waals surface area (Å²) in [5, 5.41) is 6.16. The molecule has 1 N–H and O–H groups in total. The van der Waals surface area contributed by atoms with E-state index in [1.165, 1.54) is 41.8 Å². The molecule has 1 aromatic heterocycles. The number of rotatable bonds is 4. The fraction of sp³-hybridized carbons (Fsp3) is 0.0833. The molecule has 2 rings (SSSR count). The van der Waals surface area contributed by atoms with Crippen molar-refractivity contribution in [3.63, 3.8) is 0 Å². The van der Waals surface area contributed by atoms with Crippen LogP contribution >= 0.6 is 22.9 Å². The molecule has 0 radical (unpaired) electrons. The predicted molar refractivity (Wildman–Crippen MR) is 78.4 cm³/mol. The molecule has 1 aromatic carbocycles. The van der Waals surface area contributed by atoms with E-state index in [0.29, 0.717) is 5.02 Å². The summed E-state index contributed by atoms with van der Waals surface area (Å²) in [6.45, 7) is 1.94. The van der Waals surface area contributed by atoms with Crippen molar-refractivity contribution < 1.29 is 8.42 Å². The van der Waals surface area contributed by atoms with Crippen molar-refractivity contribution in [1.29, 1.82) is 0 Å². The lowest BCUT2D eigenvalue weighted by atomic mass is 10.3. The molecule has 0 aliphatic carbocycles. The van der Waals surface area contributed by atoms with Gasteiger partial charge in [0.05, 0.1) is 16.0 Å². The number of hydrogen-bond acceptors (Lipinski definition) is 4. The monoisotopic (exact) mass is 314 g/mol. The van der Waals surface area contributed by atoms with E-state index < -0.39 is 10.0 Å². The Morgan fingerprint density at radius 2 is 1.95 bits per heavy atom. The topological polar surface area (TPSA) is 58.5 Å². The summed E-state index contributed by atoms with van der Waals surface area (Å²) in [6.07, 6.45) is 1.49. The van der Waals surface area contributed by atoms with Crippen LogP contribution in [0.25, 0.3) is 0 Å². The number of aryl methyl sites for hydroxylation is 1. The molecule has 0 aliphatic heterocycles. The van der Waals surface area contributed by atoms with Crippen LogP contribution in [0.3, 0.4) is 0 Å². The minimum atomic E-state index is -3.65. The molecule has 0 spiro atoms. The van der Waals surface area contributed by atoms with Crippen LogP contribution in [0.2, 0.25) is 5.02 Å². The number of benzene rings is 1. The molecule has 0 unspecified atom stereocenters. The van der Waals surface area contributed by atoms with Crippen LogP contribution < -0.4 is 4.83 Å². The zero-order valence-corrected chi connectivity index (χ0v) is 12.4. The quantitative estimate of drug-likeness (QED) is 0.696. The van der Waals surface area contributed by atoms with E-state index in [-0.39, 0.29) is 4.90 Å². The Morgan fingerprint density at radius 3 is 2.53 bits per heavy atom. The minimum absolute atomic E-state index is 0.122. The Hall–Kier alpha value is -1.37. The molecule has 0 atom stereocenters. The van der Waals surface area contributed by atoms with Gasteiger partial charge in [0, 0.05) is 5.02 Å². The summed E-state index contributed by atoms with van der Waals surface area (Å²) in [5.74, 6) is 0. The first-order chi connectivity index (χ1) is 8.99. The average Bonchev–Trinajstić information content (AvgIpc) is 2.75. The molecule has 0 aliphatic rings. The highest BCUT2D eigenvalue weighted by atomic mass is 35.5. The van der Waals surface area contributed by atoms with Gasteiger partial charge in [-0.15, -0.1) is 11.3 Å². The molecule has 7 heteroatoms. The number of thiophene rings is 1. The third-order valence-electron chi connectivity index (χ3n) is 2.38. The van der Waals surface area contributed by atoms with Crippen LogP contribution in [0.15, 0.2) is 45.7 Å². The van der Waals surface area contributed by atoms with Gasteiger partial charge in [0.15, 0.2) is 0 Å². The van der Waals surface area contributed by atoms with E-state index in [2.05, 4.69) is 9.93 Å². The molecule has 0 fully saturated rings. The average molecular weight is 315 g/mol. The largest absolute Gasteiger partial charge is 0.276 e. The molecule has 4 nitrogen and oxygen atoms in total. The van der Waals surface area contributed by atoms with Gasteiger partial charge in [0.2, 0.25) is 0 Å². The second kappa shape index (κ2) is 5.73. The number of nitrogens with one attached hydrogen (secondary N) is 1. The maximum Gasteiger partial charge on any atom is 0.276 e. The zero-order chi connectivity index (χ0) is 13.9. The Kier molecular flexibility index (Phi) is 4.24. The number of sulfonamides is 1. The standard InChI is InChI=1S/C12H11ClN2O2S2/c1-9-6-7-18-12(9)8-14-15-19(16,17)11-4-2-10(13)3-5-11/h2-8,15H,1H3/b14-8+. The van der Waals surface area contributed by atoms with Gasteiger partial charge in [-0.05, 0) is 48.2 Å². The molecule has 1 heterocycles. The van der Waals surface area contributed by atoms with Crippen molar-refractivity contribution in [3.05, 3.63) is 51.2 Å². The van der Waals surface area contributed by atoms with Crippen LogP contribution in [0.4, 0.5) is 0 Å². The number of hydrogen-bond donors (Lipinski definition) is 1. The van der Waals surface area contributed by atoms with Crippen molar-refractivity contribution >= 4 is 39.2 Å². The number of halogens is 1. The molecular weight excluding hydrogens is 304 g/mol. The van der Waals surface area contributed by atoms with Crippen molar-refractivity contribution in [2.45, 2.75) is 11.8 Å². The summed E-state index contributed by atoms with van der Waals surface area (Å²) in [7, 11) is -3.65. The molecule has 0 saturated heterocycles. The van der Waals surface area contributed by atoms with Crippen molar-refractivity contribution in [2.24, 2.45) is 5.10 Å². The Labute approximate surface area is 120 Å². The lowest BCUT2D eigenvalue weighted by Crippen LogP contribution is -2.18. The van der Waals surface area contributed by atoms with Crippen LogP contribution in [0, 0.1) is 6.92 Å². The molecule has 19 heavy (non-hydrogen) atoms. The molecule has 0 bridgehead atoms. The predicted octanol–water partition coefficient (Wildman–Crippen LogP) is 3.02. The van der Waals surface area contributed by atoms with Crippen molar-refractivity contribution in [3.8, 4) is 0 Å². The smallest absolute Gasteiger partial charge is 0.200 e. The van der Waals surface area contributed by atoms with E-state index in [1.807, 2.05) is 18.4 Å². The van der Waals surface area contributed by atoms with Gasteiger partial charge in [0.25, 0.3) is 10.0 Å². The molecule has 0 saturated carbocycles. The van der Waals surface area contributed by atoms with Gasteiger partial charge >= 0.3 is 0 Å². The lowest BCUT2D eigenvalue weighted by molar-refractivity contribution is 0.584. The van der Waals surface area contributed by atoms with Gasteiger partial charge < -0.3 is 0 Å². The highest BCUT2D eigenvalue weighted by Gasteiger charge is 2.11. The van der Waals surface area contributed by atoms with E-state index in [0.717, 1.165) is 10.4 Å². The highest BCUT2D eigenvalue weighted by Crippen LogP contribution is 2.14. The van der Waals surface area contributed by atoms with E-state index in [4.69, 9.17) is 11.6 Å². The minimum Gasteiger partial charge on any atom is -0.200 e. The van der Waals surface area contributed by atoms with Crippen LogP contribution in [0.1, 0.15) is 10.4 Å². The van der Waals surface area contributed by atoms with E-state index in [1.54, 1.807) is 0 Å². The summed E-state index contributed by atoms with van der Waals surface area (Å²) in [6, 6.07) is 7.83. The normalized spacial score (nSPS) is 11.9. The summed E-state index contributed by atoms with van der Waals surface area (Å²) >= 11 is 7.20. The SMILES string of the molecule is Cc1ccsc1/C=N/NS(=O)(=O)c1ccc(Cl)cc1. The molecule has 2 aromatic rings. The third-order valence-corrected chi connectivity index (χ3v) is 4.82. The summed E-state index contributed by atoms with van der Waals surface area (Å²) in [4.78, 5) is 3.20. The Balaban J connectivity index is 2.12. The molecule has 100 valence electrons. The third kappa shape index (κ3) is 3.56. The van der Waals surface area contributed by atoms with Gasteiger partial charge in [-0.25, -0.2) is 4.83 Å². The first-order valence-electron chi connectivity index (χ1n) is 5.33. The van der Waals surface area contributed by atoms with E-state index >= 15 is 0 Å². The first kappa shape index (κ1) is 14.0. The van der Waals surface area contributed by atoms with Gasteiger partial charge in [0.1, 0.15) is 0 Å². The lowest BCUT2D eigenvalue weighted by Gasteiger charge is -2.02. The van der Waals surface area contributed by atoms with Gasteiger partial charge in [-0.3, -0.25) is 0 Å². The van der Waals surface area contributed by atoms with Crippen molar-refractivity contribution in [2.75, 3.05) is 0 Å². The highest BCUT2D eigenvalue weighted by molar-refractivity contribution is 7.89. The molecular formula is C12H11ClN2O2S2. The van der Waals surface area contributed by atoms with Crippen LogP contribution in [0.5, 0.6) is 0 Å². The van der Waals surface area contributed by atoms with Crippen LogP contribution in [-0.4, -0.2) is 14.6 Å². The van der Waals surface area contributed by atoms with E-state index in [9.17, 15) is 8.42 Å². The van der Waals surface area contributed by atoms with Crippen LogP contribution in [-0.2, 0) is 10.0 Å². The Morgan fingerprint density at radius 1 is 1.26 bits per heavy atom. The zero-order valence-electron chi connectivity index (χ0n) is 10.00. The first-order valence-corrected chi connectivity index (χ1v) is 8.08.